The molecule has 6 heteroatoms. The minimum atomic E-state index is -0.627. The van der Waals surface area contributed by atoms with Gasteiger partial charge in [0, 0.05) is 18.4 Å². The molecule has 0 spiro atoms. The maximum Gasteiger partial charge on any atom is 0.258 e. The maximum absolute atomic E-state index is 13.6. The summed E-state index contributed by atoms with van der Waals surface area (Å²) in [7, 11) is 2.12. The number of nitrogens with one attached hydrogen (secondary N) is 1. The summed E-state index contributed by atoms with van der Waals surface area (Å²) in [6.07, 6.45) is 3.51. The zero-order valence-corrected chi connectivity index (χ0v) is 13.8. The van der Waals surface area contributed by atoms with Crippen molar-refractivity contribution in [1.29, 1.82) is 0 Å². The Balaban J connectivity index is 1.76. The minimum Gasteiger partial charge on any atom is -0.345 e. The molecule has 0 saturated carbocycles. The van der Waals surface area contributed by atoms with Crippen molar-refractivity contribution >= 4 is 25.1 Å². The molecule has 2 heterocycles. The Hall–Kier alpha value is -2.47. The van der Waals surface area contributed by atoms with E-state index in [0.717, 1.165) is 31.3 Å². The van der Waals surface area contributed by atoms with Crippen molar-refractivity contribution in [1.82, 2.24) is 9.79 Å². The Morgan fingerprint density at radius 2 is 2.04 bits per heavy atom. The van der Waals surface area contributed by atoms with Crippen LogP contribution in [0.3, 0.4) is 0 Å². The van der Waals surface area contributed by atoms with Gasteiger partial charge >= 0.3 is 0 Å². The van der Waals surface area contributed by atoms with Crippen LogP contribution in [-0.2, 0) is 0 Å². The smallest absolute Gasteiger partial charge is 0.258 e. The second-order valence-electron chi connectivity index (χ2n) is 6.13. The van der Waals surface area contributed by atoms with E-state index in [0.29, 0.717) is 5.69 Å². The van der Waals surface area contributed by atoms with Crippen LogP contribution in [0.25, 0.3) is 5.57 Å². The molecular formula is C18H19BFN3O. The molecule has 1 aliphatic rings. The zero-order valence-electron chi connectivity index (χ0n) is 13.8. The number of anilines is 1. The summed E-state index contributed by atoms with van der Waals surface area (Å²) in [4.78, 5) is 18.1. The van der Waals surface area contributed by atoms with E-state index in [1.54, 1.807) is 0 Å². The molecule has 4 nitrogen and oxygen atoms in total. The van der Waals surface area contributed by atoms with E-state index < -0.39 is 11.7 Å². The summed E-state index contributed by atoms with van der Waals surface area (Å²) < 4.78 is 13.6. The topological polar surface area (TPSA) is 45.2 Å². The Labute approximate surface area is 141 Å². The molecule has 0 aliphatic carbocycles. The fraction of sp³-hybridized carbons (Fsp3) is 0.222. The maximum atomic E-state index is 13.6. The summed E-state index contributed by atoms with van der Waals surface area (Å²) in [6, 6.07) is 9.06. The molecule has 0 saturated heterocycles. The van der Waals surface area contributed by atoms with Gasteiger partial charge in [0.1, 0.15) is 0 Å². The van der Waals surface area contributed by atoms with Crippen molar-refractivity contribution < 1.29 is 9.18 Å². The van der Waals surface area contributed by atoms with Gasteiger partial charge in [-0.3, -0.25) is 9.78 Å². The number of benzene rings is 1. The minimum absolute atomic E-state index is 0.0125. The van der Waals surface area contributed by atoms with Crippen molar-refractivity contribution in [2.75, 3.05) is 18.4 Å². The van der Waals surface area contributed by atoms with Gasteiger partial charge < -0.3 is 10.1 Å². The molecule has 3 rings (SSSR count). The molecule has 122 valence electrons. The molecule has 2 aromatic rings. The summed E-state index contributed by atoms with van der Waals surface area (Å²) >= 11 is 0. The van der Waals surface area contributed by atoms with Crippen LogP contribution in [0.1, 0.15) is 29.3 Å². The molecule has 0 atom stereocenters. The van der Waals surface area contributed by atoms with Crippen LogP contribution >= 0.6 is 0 Å². The Morgan fingerprint density at radius 3 is 2.75 bits per heavy atom. The summed E-state index contributed by atoms with van der Waals surface area (Å²) in [5.41, 5.74) is 4.53. The number of hydrogen-bond donors (Lipinski definition) is 1. The lowest BCUT2D eigenvalue weighted by atomic mass is 9.93. The predicted octanol–water partition coefficient (Wildman–Crippen LogP) is 2.50. The highest BCUT2D eigenvalue weighted by Crippen LogP contribution is 2.26. The van der Waals surface area contributed by atoms with Crippen molar-refractivity contribution in [3.8, 4) is 0 Å². The molecule has 0 fully saturated rings. The third-order valence-corrected chi connectivity index (χ3v) is 4.32. The molecular weight excluding hydrogens is 304 g/mol. The number of rotatable bonds is 3. The second kappa shape index (κ2) is 6.97. The highest BCUT2D eigenvalue weighted by Gasteiger charge is 2.15. The highest BCUT2D eigenvalue weighted by molar-refractivity contribution is 6.05. The van der Waals surface area contributed by atoms with Gasteiger partial charge in [-0.15, -0.1) is 0 Å². The van der Waals surface area contributed by atoms with Crippen molar-refractivity contribution in [3.05, 3.63) is 65.2 Å². The Morgan fingerprint density at radius 1 is 1.29 bits per heavy atom. The van der Waals surface area contributed by atoms with Gasteiger partial charge in [0.25, 0.3) is 5.91 Å². The largest absolute Gasteiger partial charge is 0.345 e. The van der Waals surface area contributed by atoms with Crippen LogP contribution in [0, 0.1) is 5.82 Å². The number of halogens is 1. The fourth-order valence-corrected chi connectivity index (χ4v) is 2.84. The van der Waals surface area contributed by atoms with Gasteiger partial charge in [-0.25, -0.2) is 4.39 Å². The summed E-state index contributed by atoms with van der Waals surface area (Å²) in [6.45, 7) is 4.19. The molecule has 1 aromatic heterocycles. The monoisotopic (exact) mass is 323 g/mol. The van der Waals surface area contributed by atoms with Gasteiger partial charge in [0.15, 0.2) is 13.8 Å². The lowest BCUT2D eigenvalue weighted by Crippen LogP contribution is -2.28. The SMILES string of the molecule is BN1CCC(C)=C(c2ccc(NC(=O)c3ccncc3F)cc2)C1. The number of hydrogen-bond acceptors (Lipinski definition) is 3. The molecule has 0 radical (unpaired) electrons. The summed E-state index contributed by atoms with van der Waals surface area (Å²) in [5, 5.41) is 2.72. The molecule has 1 amide bonds. The predicted molar refractivity (Wildman–Crippen MR) is 95.9 cm³/mol. The fourth-order valence-electron chi connectivity index (χ4n) is 2.84. The van der Waals surface area contributed by atoms with Crippen LogP contribution in [-0.4, -0.2) is 36.8 Å². The highest BCUT2D eigenvalue weighted by atomic mass is 19.1. The third kappa shape index (κ3) is 3.54. The third-order valence-electron chi connectivity index (χ3n) is 4.32. The number of carbonyl (C=O) groups is 1. The quantitative estimate of drug-likeness (QED) is 0.883. The lowest BCUT2D eigenvalue weighted by molar-refractivity contribution is 0.102. The average molecular weight is 323 g/mol. The molecule has 0 unspecified atom stereocenters. The van der Waals surface area contributed by atoms with E-state index in [-0.39, 0.29) is 5.56 Å². The average Bonchev–Trinajstić information content (AvgIpc) is 2.58. The van der Waals surface area contributed by atoms with Crippen LogP contribution in [0.4, 0.5) is 10.1 Å². The zero-order chi connectivity index (χ0) is 17.1. The molecule has 1 aliphatic heterocycles. The van der Waals surface area contributed by atoms with E-state index in [1.807, 2.05) is 24.3 Å². The first kappa shape index (κ1) is 16.4. The first-order valence-corrected chi connectivity index (χ1v) is 7.93. The molecule has 24 heavy (non-hydrogen) atoms. The molecule has 1 aromatic carbocycles. The van der Waals surface area contributed by atoms with Gasteiger partial charge in [-0.1, -0.05) is 17.7 Å². The van der Waals surface area contributed by atoms with Crippen LogP contribution in [0.15, 0.2) is 48.3 Å². The standard InChI is InChI=1S/C18H19BFN3O/c1-12-7-9-23(19)11-16(12)13-2-4-14(5-3-13)22-18(24)15-6-8-21-10-17(15)20/h2-6,8,10H,7,9,11,19H2,1H3,(H,22,24). The van der Waals surface area contributed by atoms with Crippen LogP contribution < -0.4 is 5.32 Å². The van der Waals surface area contributed by atoms with Gasteiger partial charge in [0.05, 0.1) is 11.8 Å². The van der Waals surface area contributed by atoms with E-state index in [2.05, 4.69) is 30.0 Å². The van der Waals surface area contributed by atoms with Gasteiger partial charge in [-0.05, 0) is 49.2 Å². The van der Waals surface area contributed by atoms with Crippen molar-refractivity contribution in [3.63, 3.8) is 0 Å². The van der Waals surface area contributed by atoms with Crippen LogP contribution in [0.5, 0.6) is 0 Å². The Bertz CT molecular complexity index is 789. The Kier molecular flexibility index (Phi) is 4.76. The summed E-state index contributed by atoms with van der Waals surface area (Å²) in [5.74, 6) is -1.10. The van der Waals surface area contributed by atoms with Crippen molar-refractivity contribution in [2.45, 2.75) is 13.3 Å². The molecule has 0 bridgehead atoms. The first-order valence-electron chi connectivity index (χ1n) is 7.93. The van der Waals surface area contributed by atoms with E-state index in [1.165, 1.54) is 23.4 Å². The second-order valence-corrected chi connectivity index (χ2v) is 6.13. The number of amides is 1. The van der Waals surface area contributed by atoms with E-state index in [9.17, 15) is 9.18 Å². The van der Waals surface area contributed by atoms with E-state index >= 15 is 0 Å². The van der Waals surface area contributed by atoms with Crippen LogP contribution in [0.2, 0.25) is 0 Å². The normalized spacial score (nSPS) is 15.4. The lowest BCUT2D eigenvalue weighted by Gasteiger charge is -2.27. The van der Waals surface area contributed by atoms with Gasteiger partial charge in [-0.2, -0.15) is 0 Å². The number of nitrogens with zero attached hydrogens (tertiary/aromatic N) is 2. The number of carbonyl (C=O) groups excluding carboxylic acids is 1. The van der Waals surface area contributed by atoms with Crippen molar-refractivity contribution in [2.24, 2.45) is 0 Å². The first-order chi connectivity index (χ1) is 11.5. The molecule has 1 N–H and O–H groups in total. The van der Waals surface area contributed by atoms with Gasteiger partial charge in [0.2, 0.25) is 0 Å². The number of pyridine rings is 1. The number of aromatic nitrogens is 1. The van der Waals surface area contributed by atoms with E-state index in [4.69, 9.17) is 0 Å².